The monoisotopic (exact) mass is 540 g/mol. The van der Waals surface area contributed by atoms with Crippen molar-refractivity contribution in [2.24, 2.45) is 0 Å². The average Bonchev–Trinajstić information content (AvgIpc) is 3.63. The predicted molar refractivity (Wildman–Crippen MR) is 154 cm³/mol. The molecule has 10 heteroatoms. The molecule has 0 aliphatic rings. The lowest BCUT2D eigenvalue weighted by Crippen LogP contribution is -2.14. The molecule has 0 aliphatic carbocycles. The Kier molecular flexibility index (Phi) is 5.97. The van der Waals surface area contributed by atoms with E-state index < -0.39 is 5.82 Å². The normalized spacial score (nSPS) is 11.2. The van der Waals surface area contributed by atoms with Crippen molar-refractivity contribution in [1.82, 2.24) is 35.1 Å². The molecular weight excluding hydrogens is 519 g/mol. The van der Waals surface area contributed by atoms with Gasteiger partial charge in [0.25, 0.3) is 0 Å². The van der Waals surface area contributed by atoms with Crippen LogP contribution in [-0.2, 0) is 11.2 Å². The van der Waals surface area contributed by atoms with Gasteiger partial charge in [0.15, 0.2) is 17.3 Å². The molecule has 0 saturated carbocycles. The van der Waals surface area contributed by atoms with Gasteiger partial charge in [-0.05, 0) is 47.5 Å². The van der Waals surface area contributed by atoms with Crippen LogP contribution < -0.4 is 5.32 Å². The van der Waals surface area contributed by atoms with Crippen LogP contribution in [0.3, 0.4) is 0 Å². The first-order valence-corrected chi connectivity index (χ1v) is 12.9. The highest BCUT2D eigenvalue weighted by molar-refractivity contribution is 5.98. The number of halogens is 1. The summed E-state index contributed by atoms with van der Waals surface area (Å²) < 4.78 is 15.3. The van der Waals surface area contributed by atoms with Gasteiger partial charge in [0.1, 0.15) is 11.2 Å². The van der Waals surface area contributed by atoms with Crippen molar-refractivity contribution < 1.29 is 9.18 Å². The van der Waals surface area contributed by atoms with Crippen molar-refractivity contribution in [3.05, 3.63) is 109 Å². The number of carbonyl (C=O) groups excluding carboxylic acids is 1. The van der Waals surface area contributed by atoms with Crippen molar-refractivity contribution in [2.45, 2.75) is 6.42 Å². The number of hydrogen-bond donors (Lipinski definition) is 3. The molecule has 0 aliphatic heterocycles. The van der Waals surface area contributed by atoms with E-state index in [1.807, 2.05) is 60.7 Å². The number of anilines is 1. The molecule has 0 bridgehead atoms. The lowest BCUT2D eigenvalue weighted by molar-refractivity contribution is -0.115. The number of nitrogens with one attached hydrogen (secondary N) is 3. The molecule has 0 spiro atoms. The molecule has 0 atom stereocenters. The van der Waals surface area contributed by atoms with Crippen molar-refractivity contribution in [1.29, 1.82) is 0 Å². The van der Waals surface area contributed by atoms with Crippen LogP contribution in [0.1, 0.15) is 5.56 Å². The summed E-state index contributed by atoms with van der Waals surface area (Å²) in [6.07, 6.45) is 6.82. The zero-order valence-electron chi connectivity index (χ0n) is 21.5. The fourth-order valence-corrected chi connectivity index (χ4v) is 4.84. The first kappa shape index (κ1) is 24.3. The van der Waals surface area contributed by atoms with Gasteiger partial charge < -0.3 is 10.3 Å². The standard InChI is InChI=1S/C31H21FN8O/c32-24-15-19(20-13-21(17-33-16-20)36-26(41)12-18-6-2-1-3-7-18)14-23-27(24)39-40-29(23)31-37-28-22(9-11-35-30(28)38-31)25-8-4-5-10-34-25/h1-11,13-17H,12H2,(H,36,41)(H,39,40)(H,35,37,38). The largest absolute Gasteiger partial charge is 0.335 e. The van der Waals surface area contributed by atoms with Gasteiger partial charge in [0.05, 0.1) is 29.5 Å². The third-order valence-corrected chi connectivity index (χ3v) is 6.74. The summed E-state index contributed by atoms with van der Waals surface area (Å²) in [5, 5.41) is 10.6. The molecule has 9 nitrogen and oxygen atoms in total. The Morgan fingerprint density at radius 1 is 0.902 bits per heavy atom. The summed E-state index contributed by atoms with van der Waals surface area (Å²) in [6.45, 7) is 0. The number of fused-ring (bicyclic) bond motifs is 2. The highest BCUT2D eigenvalue weighted by Gasteiger charge is 2.19. The van der Waals surface area contributed by atoms with Gasteiger partial charge in [-0.3, -0.25) is 19.9 Å². The highest BCUT2D eigenvalue weighted by atomic mass is 19.1. The van der Waals surface area contributed by atoms with Crippen LogP contribution in [0.5, 0.6) is 0 Å². The van der Waals surface area contributed by atoms with E-state index in [1.54, 1.807) is 30.9 Å². The number of nitrogens with zero attached hydrogens (tertiary/aromatic N) is 5. The minimum atomic E-state index is -0.498. The topological polar surface area (TPSA) is 125 Å². The summed E-state index contributed by atoms with van der Waals surface area (Å²) in [6, 6.07) is 22.0. The van der Waals surface area contributed by atoms with Crippen LogP contribution >= 0.6 is 0 Å². The zero-order valence-corrected chi connectivity index (χ0v) is 21.5. The maximum atomic E-state index is 15.3. The fraction of sp³-hybridized carbons (Fsp3) is 0.0323. The Bertz CT molecular complexity index is 2040. The fourth-order valence-electron chi connectivity index (χ4n) is 4.84. The maximum Gasteiger partial charge on any atom is 0.228 e. The molecule has 1 amide bonds. The average molecular weight is 541 g/mol. The number of carbonyl (C=O) groups is 1. The van der Waals surface area contributed by atoms with Crippen molar-refractivity contribution in [2.75, 3.05) is 5.32 Å². The first-order chi connectivity index (χ1) is 20.1. The van der Waals surface area contributed by atoms with E-state index in [1.165, 1.54) is 6.07 Å². The van der Waals surface area contributed by atoms with Crippen LogP contribution in [0.4, 0.5) is 10.1 Å². The van der Waals surface area contributed by atoms with E-state index in [4.69, 9.17) is 0 Å². The number of rotatable bonds is 6. The molecule has 41 heavy (non-hydrogen) atoms. The molecule has 7 rings (SSSR count). The number of imidazole rings is 1. The second-order valence-corrected chi connectivity index (χ2v) is 9.48. The van der Waals surface area contributed by atoms with Gasteiger partial charge in [-0.1, -0.05) is 36.4 Å². The molecule has 3 N–H and O–H groups in total. The smallest absolute Gasteiger partial charge is 0.228 e. The Morgan fingerprint density at radius 2 is 1.78 bits per heavy atom. The summed E-state index contributed by atoms with van der Waals surface area (Å²) >= 11 is 0. The molecule has 0 saturated heterocycles. The van der Waals surface area contributed by atoms with Crippen molar-refractivity contribution in [3.63, 3.8) is 0 Å². The molecule has 2 aromatic carbocycles. The molecular formula is C31H21FN8O. The predicted octanol–water partition coefficient (Wildman–Crippen LogP) is 5.95. The van der Waals surface area contributed by atoms with E-state index >= 15 is 4.39 Å². The summed E-state index contributed by atoms with van der Waals surface area (Å²) in [7, 11) is 0. The number of H-pyrrole nitrogens is 2. The third-order valence-electron chi connectivity index (χ3n) is 6.74. The Hall–Kier alpha value is -5.77. The Labute approximate surface area is 232 Å². The number of aromatic amines is 2. The number of benzene rings is 2. The number of pyridine rings is 3. The first-order valence-electron chi connectivity index (χ1n) is 12.9. The van der Waals surface area contributed by atoms with E-state index in [-0.39, 0.29) is 17.8 Å². The van der Waals surface area contributed by atoms with Crippen LogP contribution in [-0.4, -0.2) is 41.0 Å². The molecule has 0 unspecified atom stereocenters. The zero-order chi connectivity index (χ0) is 27.8. The summed E-state index contributed by atoms with van der Waals surface area (Å²) in [5.41, 5.74) is 6.18. The summed E-state index contributed by atoms with van der Waals surface area (Å²) in [5.74, 6) is -0.200. The van der Waals surface area contributed by atoms with Gasteiger partial charge in [0, 0.05) is 35.1 Å². The number of aromatic nitrogens is 7. The molecule has 0 fully saturated rings. The van der Waals surface area contributed by atoms with Gasteiger partial charge in [-0.25, -0.2) is 14.4 Å². The van der Waals surface area contributed by atoms with Gasteiger partial charge in [0.2, 0.25) is 5.91 Å². The van der Waals surface area contributed by atoms with Crippen LogP contribution in [0.15, 0.2) is 97.6 Å². The SMILES string of the molecule is O=C(Cc1ccccc1)Nc1cncc(-c2cc(F)c3n[nH]c(-c4nc5nccc(-c6ccccn6)c5[nH]4)c3c2)c1. The summed E-state index contributed by atoms with van der Waals surface area (Å²) in [4.78, 5) is 33.7. The second-order valence-electron chi connectivity index (χ2n) is 9.48. The van der Waals surface area contributed by atoms with E-state index in [2.05, 4.69) is 40.4 Å². The quantitative estimate of drug-likeness (QED) is 0.240. The Morgan fingerprint density at radius 3 is 2.63 bits per heavy atom. The minimum Gasteiger partial charge on any atom is -0.335 e. The molecule has 7 aromatic rings. The Balaban J connectivity index is 1.24. The molecule has 5 aromatic heterocycles. The van der Waals surface area contributed by atoms with E-state index in [0.717, 1.165) is 16.8 Å². The van der Waals surface area contributed by atoms with Crippen molar-refractivity contribution >= 4 is 33.7 Å². The molecule has 0 radical (unpaired) electrons. The number of hydrogen-bond acceptors (Lipinski definition) is 6. The van der Waals surface area contributed by atoms with Crippen LogP contribution in [0, 0.1) is 5.82 Å². The van der Waals surface area contributed by atoms with Crippen LogP contribution in [0.2, 0.25) is 0 Å². The third kappa shape index (κ3) is 4.67. The molecule has 198 valence electrons. The van der Waals surface area contributed by atoms with Gasteiger partial charge in [-0.2, -0.15) is 5.10 Å². The van der Waals surface area contributed by atoms with Crippen LogP contribution in [0.25, 0.3) is 56.0 Å². The van der Waals surface area contributed by atoms with E-state index in [0.29, 0.717) is 44.9 Å². The lowest BCUT2D eigenvalue weighted by atomic mass is 10.0. The molecule has 5 heterocycles. The second kappa shape index (κ2) is 10.1. The number of amides is 1. The maximum absolute atomic E-state index is 15.3. The minimum absolute atomic E-state index is 0.169. The lowest BCUT2D eigenvalue weighted by Gasteiger charge is -2.08. The van der Waals surface area contributed by atoms with Gasteiger partial charge in [-0.15, -0.1) is 0 Å². The highest BCUT2D eigenvalue weighted by Crippen LogP contribution is 2.33. The van der Waals surface area contributed by atoms with E-state index in [9.17, 15) is 4.79 Å². The van der Waals surface area contributed by atoms with Gasteiger partial charge >= 0.3 is 0 Å². The van der Waals surface area contributed by atoms with Crippen molar-refractivity contribution in [3.8, 4) is 33.9 Å².